The summed E-state index contributed by atoms with van der Waals surface area (Å²) in [5, 5.41) is 22.2. The van der Waals surface area contributed by atoms with Crippen molar-refractivity contribution in [3.05, 3.63) is 46.3 Å². The number of fused-ring (bicyclic) bond motifs is 5. The number of anilines is 1. The van der Waals surface area contributed by atoms with Crippen molar-refractivity contribution in [1.29, 1.82) is 0 Å². The molecule has 4 unspecified atom stereocenters. The van der Waals surface area contributed by atoms with E-state index in [-0.39, 0.29) is 23.0 Å². The number of likely N-dealkylation sites (N-methyl/N-ethyl adjacent to an activating group) is 1. The minimum atomic E-state index is -1.15. The maximum atomic E-state index is 13.8. The summed E-state index contributed by atoms with van der Waals surface area (Å²) in [4.78, 5) is 46.9. The molecule has 1 aromatic heterocycles. The maximum absolute atomic E-state index is 13.8. The Bertz CT molecular complexity index is 1330. The predicted molar refractivity (Wildman–Crippen MR) is 122 cm³/mol. The summed E-state index contributed by atoms with van der Waals surface area (Å²) < 4.78 is 5.55. The molecule has 0 aliphatic heterocycles. The highest BCUT2D eigenvalue weighted by Gasteiger charge is 2.54. The molecule has 0 fully saturated rings. The van der Waals surface area contributed by atoms with Crippen LogP contribution in [0, 0.1) is 17.8 Å². The number of aliphatic hydroxyl groups excluding tert-OH is 2. The molecule has 1 heterocycles. The van der Waals surface area contributed by atoms with Gasteiger partial charge in [-0.15, -0.1) is 0 Å². The van der Waals surface area contributed by atoms with E-state index in [9.17, 15) is 24.6 Å². The zero-order valence-corrected chi connectivity index (χ0v) is 19.3. The van der Waals surface area contributed by atoms with E-state index in [0.29, 0.717) is 29.5 Å². The van der Waals surface area contributed by atoms with Gasteiger partial charge in [-0.05, 0) is 50.4 Å². The lowest BCUT2D eigenvalue weighted by Gasteiger charge is -2.46. The van der Waals surface area contributed by atoms with E-state index in [1.165, 1.54) is 6.39 Å². The molecule has 0 saturated heterocycles. The van der Waals surface area contributed by atoms with Gasteiger partial charge in [0, 0.05) is 25.4 Å². The molecule has 4 N–H and O–H groups in total. The first-order valence-corrected chi connectivity index (χ1v) is 11.0. The van der Waals surface area contributed by atoms with Crippen molar-refractivity contribution in [1.82, 2.24) is 9.88 Å². The molecular weight excluding hydrogens is 440 g/mol. The molecule has 0 radical (unpaired) electrons. The molecule has 10 nitrogen and oxygen atoms in total. The van der Waals surface area contributed by atoms with Gasteiger partial charge in [0.2, 0.25) is 0 Å². The molecule has 0 bridgehead atoms. The first kappa shape index (κ1) is 22.1. The normalized spacial score (nSPS) is 26.6. The van der Waals surface area contributed by atoms with Crippen LogP contribution >= 0.6 is 0 Å². The second-order valence-electron chi connectivity index (χ2n) is 9.65. The number of nitrogens with zero attached hydrogens (tertiary/aromatic N) is 3. The van der Waals surface area contributed by atoms with E-state index < -0.39 is 40.9 Å². The van der Waals surface area contributed by atoms with Crippen molar-refractivity contribution < 1.29 is 29.0 Å². The first-order valence-electron chi connectivity index (χ1n) is 11.0. The first-order chi connectivity index (χ1) is 16.0. The largest absolute Gasteiger partial charge is 0.511 e. The summed E-state index contributed by atoms with van der Waals surface area (Å²) in [5.74, 6) is -5.05. The molecule has 0 saturated carbocycles. The Labute approximate surface area is 195 Å². The Morgan fingerprint density at radius 3 is 2.50 bits per heavy atom. The molecule has 5 rings (SSSR count). The van der Waals surface area contributed by atoms with Crippen LogP contribution in [0.25, 0.3) is 11.1 Å². The fraction of sp³-hybridized carbons (Fsp3) is 0.417. The topological polar surface area (TPSA) is 150 Å². The van der Waals surface area contributed by atoms with Gasteiger partial charge >= 0.3 is 0 Å². The Balaban J connectivity index is 1.73. The second-order valence-corrected chi connectivity index (χ2v) is 9.65. The number of hydrogen-bond acceptors (Lipinski definition) is 9. The zero-order chi connectivity index (χ0) is 24.6. The average molecular weight is 466 g/mol. The lowest BCUT2D eigenvalue weighted by atomic mass is 9.61. The van der Waals surface area contributed by atoms with Crippen LogP contribution in [0.1, 0.15) is 22.3 Å². The summed E-state index contributed by atoms with van der Waals surface area (Å²) >= 11 is 0. The summed E-state index contributed by atoms with van der Waals surface area (Å²) in [6, 6.07) is 1.15. The van der Waals surface area contributed by atoms with E-state index in [1.54, 1.807) is 19.0 Å². The molecule has 4 atom stereocenters. The summed E-state index contributed by atoms with van der Waals surface area (Å²) in [6.07, 6.45) is 2.07. The van der Waals surface area contributed by atoms with Gasteiger partial charge in [-0.2, -0.15) is 0 Å². The maximum Gasteiger partial charge on any atom is 0.255 e. The van der Waals surface area contributed by atoms with Crippen LogP contribution in [0.3, 0.4) is 0 Å². The molecular formula is C24H26N4O6. The Morgan fingerprint density at radius 1 is 1.18 bits per heavy atom. The summed E-state index contributed by atoms with van der Waals surface area (Å²) in [6.45, 7) is 0. The average Bonchev–Trinajstić information content (AvgIpc) is 3.20. The highest BCUT2D eigenvalue weighted by molar-refractivity contribution is 6.23. The lowest BCUT2D eigenvalue weighted by molar-refractivity contribution is -0.127. The molecule has 1 aromatic carbocycles. The van der Waals surface area contributed by atoms with Gasteiger partial charge in [-0.1, -0.05) is 0 Å². The van der Waals surface area contributed by atoms with Gasteiger partial charge in [-0.25, -0.2) is 4.98 Å². The SMILES string of the molecule is CN(C)c1cc2ncoc2c2c1CC1CC3C(C(=O)C(C(N)=O)=C(O)C3N(C)C)C(O)=C1C2=O. The van der Waals surface area contributed by atoms with E-state index >= 15 is 0 Å². The highest BCUT2D eigenvalue weighted by Crippen LogP contribution is 2.51. The number of rotatable bonds is 3. The molecule has 3 aliphatic rings. The molecule has 0 spiro atoms. The van der Waals surface area contributed by atoms with Gasteiger partial charge in [-0.3, -0.25) is 19.3 Å². The van der Waals surface area contributed by atoms with E-state index in [4.69, 9.17) is 10.2 Å². The number of ketones is 2. The van der Waals surface area contributed by atoms with Crippen LogP contribution < -0.4 is 10.6 Å². The van der Waals surface area contributed by atoms with E-state index in [1.807, 2.05) is 25.1 Å². The van der Waals surface area contributed by atoms with Crippen molar-refractivity contribution in [2.45, 2.75) is 18.9 Å². The van der Waals surface area contributed by atoms with Gasteiger partial charge in [0.25, 0.3) is 5.91 Å². The number of carbonyl (C=O) groups excluding carboxylic acids is 3. The number of Topliss-reactive ketones (excluding diaryl/α,β-unsaturated/α-hetero) is 2. The minimum absolute atomic E-state index is 0.151. The van der Waals surface area contributed by atoms with Crippen molar-refractivity contribution in [2.75, 3.05) is 33.1 Å². The number of oxazole rings is 1. The van der Waals surface area contributed by atoms with Crippen LogP contribution in [0.2, 0.25) is 0 Å². The molecule has 2 aromatic rings. The van der Waals surface area contributed by atoms with E-state index in [0.717, 1.165) is 11.3 Å². The number of primary amides is 1. The van der Waals surface area contributed by atoms with Crippen molar-refractivity contribution >= 4 is 34.3 Å². The number of nitrogens with two attached hydrogens (primary N) is 1. The fourth-order valence-corrected chi connectivity index (χ4v) is 6.04. The number of aliphatic hydroxyl groups is 2. The zero-order valence-electron chi connectivity index (χ0n) is 19.3. The second kappa shape index (κ2) is 7.42. The molecule has 10 heteroatoms. The fourth-order valence-electron chi connectivity index (χ4n) is 6.04. The standard InChI is InChI=1S/C24H26N4O6/c1-27(2)13-7-12-23(34-8-26-12)16-10(13)5-9-6-11-15(19(29)14(9)20(16)30)21(31)17(24(25)33)22(32)18(11)28(3)4/h7-9,11,15,18,29,32H,5-6H2,1-4H3,(H2,25,33). The smallest absolute Gasteiger partial charge is 0.255 e. The molecule has 34 heavy (non-hydrogen) atoms. The predicted octanol–water partition coefficient (Wildman–Crippen LogP) is 1.51. The molecule has 1 amide bonds. The number of hydrogen-bond donors (Lipinski definition) is 3. The van der Waals surface area contributed by atoms with Crippen LogP contribution in [0.4, 0.5) is 5.69 Å². The van der Waals surface area contributed by atoms with E-state index in [2.05, 4.69) is 4.98 Å². The quantitative estimate of drug-likeness (QED) is 0.572. The lowest BCUT2D eigenvalue weighted by Crippen LogP contribution is -2.53. The van der Waals surface area contributed by atoms with Crippen molar-refractivity contribution in [2.24, 2.45) is 23.5 Å². The molecule has 3 aliphatic carbocycles. The Kier molecular flexibility index (Phi) is 4.84. The van der Waals surface area contributed by atoms with Gasteiger partial charge < -0.3 is 25.3 Å². The van der Waals surface area contributed by atoms with Gasteiger partial charge in [0.05, 0.1) is 17.5 Å². The summed E-state index contributed by atoms with van der Waals surface area (Å²) in [5.41, 5.74) is 7.84. The van der Waals surface area contributed by atoms with Crippen LogP contribution in [0.5, 0.6) is 0 Å². The number of aromatic nitrogens is 1. The Morgan fingerprint density at radius 2 is 1.88 bits per heavy atom. The van der Waals surface area contributed by atoms with Crippen molar-refractivity contribution in [3.8, 4) is 0 Å². The minimum Gasteiger partial charge on any atom is -0.511 e. The summed E-state index contributed by atoms with van der Waals surface area (Å²) in [7, 11) is 7.19. The van der Waals surface area contributed by atoms with Crippen molar-refractivity contribution in [3.63, 3.8) is 0 Å². The third kappa shape index (κ3) is 2.84. The number of allylic oxidation sites excluding steroid dienone is 2. The molecule has 178 valence electrons. The monoisotopic (exact) mass is 466 g/mol. The third-order valence-electron chi connectivity index (χ3n) is 7.35. The third-order valence-corrected chi connectivity index (χ3v) is 7.35. The van der Waals surface area contributed by atoms with Gasteiger partial charge in [0.1, 0.15) is 22.6 Å². The number of benzene rings is 1. The number of amides is 1. The van der Waals surface area contributed by atoms with Crippen LogP contribution in [0.15, 0.2) is 39.5 Å². The van der Waals surface area contributed by atoms with Gasteiger partial charge in [0.15, 0.2) is 23.5 Å². The highest BCUT2D eigenvalue weighted by atomic mass is 16.3. The van der Waals surface area contributed by atoms with Crippen LogP contribution in [-0.4, -0.2) is 71.8 Å². The Hall–Kier alpha value is -3.66. The number of carbonyl (C=O) groups is 3. The van der Waals surface area contributed by atoms with Crippen LogP contribution in [-0.2, 0) is 16.0 Å².